The Bertz CT molecular complexity index is 139. The van der Waals surface area contributed by atoms with Crippen LogP contribution >= 0.6 is 0 Å². The zero-order valence-corrected chi connectivity index (χ0v) is 12.5. The smallest absolute Gasteiger partial charge is 0.0701 e. The van der Waals surface area contributed by atoms with E-state index in [2.05, 4.69) is 0 Å². The van der Waals surface area contributed by atoms with Gasteiger partial charge in [0, 0.05) is 39.6 Å². The van der Waals surface area contributed by atoms with E-state index < -0.39 is 0 Å². The molecule has 0 bridgehead atoms. The van der Waals surface area contributed by atoms with Gasteiger partial charge in [-0.25, -0.2) is 0 Å². The number of hydrogen-bond donors (Lipinski definition) is 0. The van der Waals surface area contributed by atoms with Crippen molar-refractivity contribution in [3.63, 3.8) is 0 Å². The highest BCUT2D eigenvalue weighted by molar-refractivity contribution is 4.37. The average Bonchev–Trinajstić information content (AvgIpc) is 2.43. The van der Waals surface area contributed by atoms with E-state index in [4.69, 9.17) is 23.7 Å². The van der Waals surface area contributed by atoms with Crippen LogP contribution in [0.5, 0.6) is 0 Å². The van der Waals surface area contributed by atoms with E-state index in [1.807, 2.05) is 13.8 Å². The number of rotatable bonds is 16. The van der Waals surface area contributed by atoms with Crippen LogP contribution in [-0.4, -0.2) is 66.1 Å². The van der Waals surface area contributed by atoms with Crippen LogP contribution in [0.15, 0.2) is 0 Å². The third-order valence-electron chi connectivity index (χ3n) is 2.31. The highest BCUT2D eigenvalue weighted by atomic mass is 16.5. The van der Waals surface area contributed by atoms with Crippen LogP contribution in [0, 0.1) is 0 Å². The van der Waals surface area contributed by atoms with Crippen molar-refractivity contribution in [2.45, 2.75) is 26.7 Å². The van der Waals surface area contributed by atoms with Crippen LogP contribution in [0.4, 0.5) is 0 Å². The molecule has 0 N–H and O–H groups in total. The zero-order valence-electron chi connectivity index (χ0n) is 12.5. The van der Waals surface area contributed by atoms with Gasteiger partial charge >= 0.3 is 0 Å². The summed E-state index contributed by atoms with van der Waals surface area (Å²) in [5.41, 5.74) is 0. The van der Waals surface area contributed by atoms with Crippen molar-refractivity contribution in [2.24, 2.45) is 0 Å². The second kappa shape index (κ2) is 17.8. The molecule has 0 aromatic rings. The zero-order chi connectivity index (χ0) is 14.0. The quantitative estimate of drug-likeness (QED) is 0.403. The van der Waals surface area contributed by atoms with Crippen LogP contribution < -0.4 is 0 Å². The lowest BCUT2D eigenvalue weighted by atomic mass is 10.5. The SMILES string of the molecule is CCOCCCOCCOCCOCCCOCC. The molecule has 116 valence electrons. The second-order valence-corrected chi connectivity index (χ2v) is 3.94. The monoisotopic (exact) mass is 278 g/mol. The Morgan fingerprint density at radius 1 is 0.421 bits per heavy atom. The van der Waals surface area contributed by atoms with Crippen LogP contribution in [-0.2, 0) is 23.7 Å². The van der Waals surface area contributed by atoms with E-state index in [9.17, 15) is 0 Å². The summed E-state index contributed by atoms with van der Waals surface area (Å²) in [6.07, 6.45) is 1.88. The molecule has 5 nitrogen and oxygen atoms in total. The maximum absolute atomic E-state index is 5.39. The maximum atomic E-state index is 5.39. The minimum Gasteiger partial charge on any atom is -0.382 e. The van der Waals surface area contributed by atoms with Gasteiger partial charge in [0.15, 0.2) is 0 Å². The fourth-order valence-corrected chi connectivity index (χ4v) is 1.36. The first-order chi connectivity index (χ1) is 9.41. The summed E-state index contributed by atoms with van der Waals surface area (Å²) in [5, 5.41) is 0. The first kappa shape index (κ1) is 18.8. The third-order valence-corrected chi connectivity index (χ3v) is 2.31. The van der Waals surface area contributed by atoms with Crippen LogP contribution in [0.1, 0.15) is 26.7 Å². The molecule has 0 aliphatic rings. The molecule has 0 amide bonds. The van der Waals surface area contributed by atoms with E-state index in [1.165, 1.54) is 0 Å². The Morgan fingerprint density at radius 2 is 0.737 bits per heavy atom. The highest BCUT2D eigenvalue weighted by Crippen LogP contribution is 1.88. The van der Waals surface area contributed by atoms with E-state index in [0.29, 0.717) is 26.4 Å². The van der Waals surface area contributed by atoms with Crippen molar-refractivity contribution in [3.05, 3.63) is 0 Å². The van der Waals surface area contributed by atoms with E-state index in [-0.39, 0.29) is 0 Å². The fourth-order valence-electron chi connectivity index (χ4n) is 1.36. The normalized spacial score (nSPS) is 11.1. The van der Waals surface area contributed by atoms with Crippen LogP contribution in [0.25, 0.3) is 0 Å². The number of ether oxygens (including phenoxy) is 5. The molecule has 0 rings (SSSR count). The minimum absolute atomic E-state index is 0.622. The van der Waals surface area contributed by atoms with Gasteiger partial charge in [0.25, 0.3) is 0 Å². The van der Waals surface area contributed by atoms with Gasteiger partial charge in [0.05, 0.1) is 26.4 Å². The molecular weight excluding hydrogens is 248 g/mol. The molecule has 0 heterocycles. The molecule has 19 heavy (non-hydrogen) atoms. The minimum atomic E-state index is 0.622. The Labute approximate surface area is 117 Å². The lowest BCUT2D eigenvalue weighted by Crippen LogP contribution is -2.11. The van der Waals surface area contributed by atoms with Gasteiger partial charge in [0.2, 0.25) is 0 Å². The predicted molar refractivity (Wildman–Crippen MR) is 74.7 cm³/mol. The van der Waals surface area contributed by atoms with Crippen LogP contribution in [0.3, 0.4) is 0 Å². The Kier molecular flexibility index (Phi) is 17.6. The van der Waals surface area contributed by atoms with Crippen molar-refractivity contribution in [1.29, 1.82) is 0 Å². The van der Waals surface area contributed by atoms with Gasteiger partial charge in [-0.3, -0.25) is 0 Å². The molecule has 5 heteroatoms. The molecule has 0 radical (unpaired) electrons. The van der Waals surface area contributed by atoms with E-state index >= 15 is 0 Å². The van der Waals surface area contributed by atoms with Gasteiger partial charge in [-0.05, 0) is 26.7 Å². The molecule has 0 saturated carbocycles. The summed E-state index contributed by atoms with van der Waals surface area (Å²) in [4.78, 5) is 0. The van der Waals surface area contributed by atoms with E-state index in [1.54, 1.807) is 0 Å². The van der Waals surface area contributed by atoms with Gasteiger partial charge in [-0.1, -0.05) is 0 Å². The van der Waals surface area contributed by atoms with Crippen molar-refractivity contribution in [3.8, 4) is 0 Å². The molecule has 0 saturated heterocycles. The first-order valence-electron chi connectivity index (χ1n) is 7.30. The summed E-state index contributed by atoms with van der Waals surface area (Å²) in [5.74, 6) is 0. The van der Waals surface area contributed by atoms with Crippen molar-refractivity contribution >= 4 is 0 Å². The Hall–Kier alpha value is -0.200. The van der Waals surface area contributed by atoms with Crippen molar-refractivity contribution in [1.82, 2.24) is 0 Å². The summed E-state index contributed by atoms with van der Waals surface area (Å²) in [6.45, 7) is 11.1. The Morgan fingerprint density at radius 3 is 1.11 bits per heavy atom. The van der Waals surface area contributed by atoms with Gasteiger partial charge in [-0.15, -0.1) is 0 Å². The molecule has 0 fully saturated rings. The second-order valence-electron chi connectivity index (χ2n) is 3.94. The Balaban J connectivity index is 2.88. The van der Waals surface area contributed by atoms with Gasteiger partial charge in [0.1, 0.15) is 0 Å². The molecule has 0 aliphatic carbocycles. The highest BCUT2D eigenvalue weighted by Gasteiger charge is 1.92. The van der Waals surface area contributed by atoms with Crippen LogP contribution in [0.2, 0.25) is 0 Å². The lowest BCUT2D eigenvalue weighted by molar-refractivity contribution is 0.00660. The molecule has 0 unspecified atom stereocenters. The molecule has 0 aromatic carbocycles. The summed E-state index contributed by atoms with van der Waals surface area (Å²) in [7, 11) is 0. The van der Waals surface area contributed by atoms with Gasteiger partial charge < -0.3 is 23.7 Å². The number of hydrogen-bond acceptors (Lipinski definition) is 5. The first-order valence-corrected chi connectivity index (χ1v) is 7.30. The largest absolute Gasteiger partial charge is 0.382 e. The van der Waals surface area contributed by atoms with Crippen molar-refractivity contribution < 1.29 is 23.7 Å². The molecule has 0 spiro atoms. The molecule has 0 aliphatic heterocycles. The lowest BCUT2D eigenvalue weighted by Gasteiger charge is -2.07. The molecular formula is C14H30O5. The van der Waals surface area contributed by atoms with E-state index in [0.717, 1.165) is 52.5 Å². The predicted octanol–water partition coefficient (Wildman–Crippen LogP) is 1.89. The molecule has 0 atom stereocenters. The molecule has 0 aromatic heterocycles. The third kappa shape index (κ3) is 17.8. The van der Waals surface area contributed by atoms with Crippen molar-refractivity contribution in [2.75, 3.05) is 66.1 Å². The topological polar surface area (TPSA) is 46.2 Å². The average molecular weight is 278 g/mol. The summed E-state index contributed by atoms with van der Waals surface area (Å²) >= 11 is 0. The van der Waals surface area contributed by atoms with Gasteiger partial charge in [-0.2, -0.15) is 0 Å². The fraction of sp³-hybridized carbons (Fsp3) is 1.00. The summed E-state index contributed by atoms with van der Waals surface area (Å²) in [6, 6.07) is 0. The maximum Gasteiger partial charge on any atom is 0.0701 e. The standard InChI is InChI=1S/C14H30O5/c1-3-15-7-5-9-17-11-13-19-14-12-18-10-6-8-16-4-2/h3-14H2,1-2H3. The summed E-state index contributed by atoms with van der Waals surface area (Å²) < 4.78 is 26.6.